The number of hydrogen-bond acceptors (Lipinski definition) is 0. The topological polar surface area (TPSA) is 0 Å². The second kappa shape index (κ2) is 5.23. The molecule has 0 unspecified atom stereocenters. The molecule has 0 heteroatoms. The molecule has 0 aliphatic rings. The highest BCUT2D eigenvalue weighted by Crippen LogP contribution is 2.19. The van der Waals surface area contributed by atoms with E-state index in [0.717, 1.165) is 5.57 Å². The molecule has 1 aromatic rings. The Morgan fingerprint density at radius 3 is 2.43 bits per heavy atom. The monoisotopic (exact) mass is 184 g/mol. The van der Waals surface area contributed by atoms with Crippen LogP contribution in [-0.4, -0.2) is 0 Å². The summed E-state index contributed by atoms with van der Waals surface area (Å²) in [5.41, 5.74) is 3.48. The van der Waals surface area contributed by atoms with Crippen LogP contribution >= 0.6 is 0 Å². The smallest absolute Gasteiger partial charge is 0.0187 e. The van der Waals surface area contributed by atoms with Crippen LogP contribution in [0.5, 0.6) is 0 Å². The molecule has 0 amide bonds. The van der Waals surface area contributed by atoms with E-state index < -0.39 is 0 Å². The van der Waals surface area contributed by atoms with Crippen LogP contribution in [0.15, 0.2) is 60.7 Å². The van der Waals surface area contributed by atoms with Gasteiger partial charge in [-0.25, -0.2) is 0 Å². The quantitative estimate of drug-likeness (QED) is 0.617. The first-order chi connectivity index (χ1) is 6.75. The summed E-state index contributed by atoms with van der Waals surface area (Å²) >= 11 is 0. The molecule has 1 aromatic carbocycles. The summed E-state index contributed by atoms with van der Waals surface area (Å²) in [5, 5.41) is 0. The average molecular weight is 184 g/mol. The van der Waals surface area contributed by atoms with Gasteiger partial charge < -0.3 is 0 Å². The maximum absolute atomic E-state index is 4.08. The molecule has 0 N–H and O–H groups in total. The van der Waals surface area contributed by atoms with Crippen LogP contribution < -0.4 is 0 Å². The van der Waals surface area contributed by atoms with Crippen molar-refractivity contribution in [3.63, 3.8) is 0 Å². The normalized spacial score (nSPS) is 12.0. The van der Waals surface area contributed by atoms with Crippen LogP contribution in [-0.2, 0) is 0 Å². The minimum atomic E-state index is 1.09. The second-order valence-corrected chi connectivity index (χ2v) is 3.22. The van der Waals surface area contributed by atoms with Crippen molar-refractivity contribution >= 4 is 5.57 Å². The first-order valence-electron chi connectivity index (χ1n) is 4.80. The van der Waals surface area contributed by atoms with Crippen molar-refractivity contribution < 1.29 is 0 Å². The Balaban J connectivity index is 2.86. The van der Waals surface area contributed by atoms with Crippen molar-refractivity contribution in [2.75, 3.05) is 0 Å². The first-order valence-corrected chi connectivity index (χ1v) is 4.80. The molecule has 0 aliphatic heterocycles. The van der Waals surface area contributed by atoms with Crippen LogP contribution in [0, 0.1) is 0 Å². The van der Waals surface area contributed by atoms with E-state index in [9.17, 15) is 0 Å². The highest BCUT2D eigenvalue weighted by molar-refractivity contribution is 5.76. The fraction of sp³-hybridized carbons (Fsp3) is 0.143. The lowest BCUT2D eigenvalue weighted by molar-refractivity contribution is 1.50. The summed E-state index contributed by atoms with van der Waals surface area (Å²) in [4.78, 5) is 0. The zero-order chi connectivity index (χ0) is 10.4. The molecule has 0 aliphatic carbocycles. The molecule has 0 aromatic heterocycles. The number of benzene rings is 1. The highest BCUT2D eigenvalue weighted by atomic mass is 14.0. The molecule has 72 valence electrons. The van der Waals surface area contributed by atoms with Gasteiger partial charge in [-0.1, -0.05) is 55.1 Å². The van der Waals surface area contributed by atoms with Crippen LogP contribution in [0.2, 0.25) is 0 Å². The fourth-order valence-corrected chi connectivity index (χ4v) is 1.21. The molecular weight excluding hydrogens is 168 g/mol. The third kappa shape index (κ3) is 2.74. The molecule has 0 heterocycles. The number of allylic oxidation sites excluding steroid dienone is 5. The van der Waals surface area contributed by atoms with Gasteiger partial charge in [0.05, 0.1) is 0 Å². The molecule has 1 rings (SSSR count). The number of hydrogen-bond donors (Lipinski definition) is 0. The van der Waals surface area contributed by atoms with E-state index >= 15 is 0 Å². The lowest BCUT2D eigenvalue weighted by atomic mass is 10.0. The molecule has 0 fully saturated rings. The van der Waals surface area contributed by atoms with Gasteiger partial charge in [-0.3, -0.25) is 0 Å². The van der Waals surface area contributed by atoms with Gasteiger partial charge in [0, 0.05) is 0 Å². The van der Waals surface area contributed by atoms with Gasteiger partial charge in [0.2, 0.25) is 0 Å². The Hall–Kier alpha value is -1.56. The predicted molar refractivity (Wildman–Crippen MR) is 64.0 cm³/mol. The van der Waals surface area contributed by atoms with Gasteiger partial charge in [0.15, 0.2) is 0 Å². The maximum atomic E-state index is 4.08. The van der Waals surface area contributed by atoms with Gasteiger partial charge in [-0.2, -0.15) is 0 Å². The lowest BCUT2D eigenvalue weighted by Gasteiger charge is -2.04. The van der Waals surface area contributed by atoms with Crippen LogP contribution in [0.4, 0.5) is 0 Å². The average Bonchev–Trinajstić information content (AvgIpc) is 2.26. The minimum Gasteiger partial charge on any atom is -0.0909 e. The van der Waals surface area contributed by atoms with Crippen LogP contribution in [0.3, 0.4) is 0 Å². The van der Waals surface area contributed by atoms with Gasteiger partial charge in [0.1, 0.15) is 0 Å². The zero-order valence-corrected chi connectivity index (χ0v) is 8.83. The number of rotatable bonds is 3. The van der Waals surface area contributed by atoms with Crippen molar-refractivity contribution in [3.8, 4) is 0 Å². The summed E-state index contributed by atoms with van der Waals surface area (Å²) in [6.45, 7) is 8.16. The van der Waals surface area contributed by atoms with Crippen molar-refractivity contribution in [3.05, 3.63) is 66.3 Å². The Morgan fingerprint density at radius 1 is 1.21 bits per heavy atom. The summed E-state index contributed by atoms with van der Waals surface area (Å²) in [5.74, 6) is 0. The molecule has 0 radical (unpaired) electrons. The van der Waals surface area contributed by atoms with Gasteiger partial charge in [0.25, 0.3) is 0 Å². The Bertz CT molecular complexity index is 353. The van der Waals surface area contributed by atoms with Gasteiger partial charge in [-0.05, 0) is 30.6 Å². The van der Waals surface area contributed by atoms with Crippen molar-refractivity contribution in [2.24, 2.45) is 0 Å². The molecule has 0 nitrogen and oxygen atoms in total. The fourth-order valence-electron chi connectivity index (χ4n) is 1.21. The van der Waals surface area contributed by atoms with E-state index in [1.54, 1.807) is 0 Å². The molecule has 0 saturated carbocycles. The standard InChI is InChI=1S/C14H16/c1-4-5-9-12(2)13(3)14-10-7-6-8-11-14/h4-11H,3H2,1-2H3/b5-4-,12-9+. The van der Waals surface area contributed by atoms with Crippen LogP contribution in [0.1, 0.15) is 19.4 Å². The second-order valence-electron chi connectivity index (χ2n) is 3.22. The lowest BCUT2D eigenvalue weighted by Crippen LogP contribution is -1.83. The third-order valence-electron chi connectivity index (χ3n) is 2.14. The Morgan fingerprint density at radius 2 is 1.86 bits per heavy atom. The minimum absolute atomic E-state index is 1.09. The molecule has 0 saturated heterocycles. The Labute approximate surface area is 86.3 Å². The summed E-state index contributed by atoms with van der Waals surface area (Å²) < 4.78 is 0. The van der Waals surface area contributed by atoms with Crippen LogP contribution in [0.25, 0.3) is 5.57 Å². The highest BCUT2D eigenvalue weighted by Gasteiger charge is 1.98. The first kappa shape index (κ1) is 10.5. The SMILES string of the molecule is C=C(/C(C)=C/C=C\C)c1ccccc1. The molecule has 0 spiro atoms. The molecular formula is C14H16. The van der Waals surface area contributed by atoms with E-state index in [-0.39, 0.29) is 0 Å². The third-order valence-corrected chi connectivity index (χ3v) is 2.14. The Kier molecular flexibility index (Phi) is 3.93. The van der Waals surface area contributed by atoms with E-state index in [1.165, 1.54) is 11.1 Å². The van der Waals surface area contributed by atoms with Crippen molar-refractivity contribution in [1.29, 1.82) is 0 Å². The molecule has 0 bridgehead atoms. The summed E-state index contributed by atoms with van der Waals surface area (Å²) in [6.07, 6.45) is 6.13. The predicted octanol–water partition coefficient (Wildman–Crippen LogP) is 4.22. The molecule has 14 heavy (non-hydrogen) atoms. The largest absolute Gasteiger partial charge is 0.0909 e. The van der Waals surface area contributed by atoms with Gasteiger partial charge in [-0.15, -0.1) is 0 Å². The summed E-state index contributed by atoms with van der Waals surface area (Å²) in [7, 11) is 0. The van der Waals surface area contributed by atoms with E-state index in [1.807, 2.05) is 37.3 Å². The van der Waals surface area contributed by atoms with E-state index in [2.05, 4.69) is 31.7 Å². The van der Waals surface area contributed by atoms with Gasteiger partial charge >= 0.3 is 0 Å². The molecule has 0 atom stereocenters. The van der Waals surface area contributed by atoms with E-state index in [4.69, 9.17) is 0 Å². The van der Waals surface area contributed by atoms with Crippen molar-refractivity contribution in [1.82, 2.24) is 0 Å². The maximum Gasteiger partial charge on any atom is -0.0187 e. The summed E-state index contributed by atoms with van der Waals surface area (Å²) in [6, 6.07) is 10.2. The van der Waals surface area contributed by atoms with Crippen molar-refractivity contribution in [2.45, 2.75) is 13.8 Å². The van der Waals surface area contributed by atoms with E-state index in [0.29, 0.717) is 0 Å². The zero-order valence-electron chi connectivity index (χ0n) is 8.83.